The molecule has 444 valence electrons. The van der Waals surface area contributed by atoms with Crippen molar-refractivity contribution >= 4 is 71.8 Å². The average Bonchev–Trinajstić information content (AvgIpc) is 1.63. The number of fused-ring (bicyclic) bond motifs is 14. The fourth-order valence-electron chi connectivity index (χ4n) is 13.5. The highest BCUT2D eigenvalue weighted by molar-refractivity contribution is 6.24. The first-order valence-electron chi connectivity index (χ1n) is 28.8. The maximum Gasteiger partial charge on any atom is 0.303 e. The Morgan fingerprint density at radius 1 is 0.494 bits per heavy atom. The summed E-state index contributed by atoms with van der Waals surface area (Å²) in [6.45, 7) is 20.6. The number of H-pyrrole nitrogens is 5. The van der Waals surface area contributed by atoms with Gasteiger partial charge >= 0.3 is 23.9 Å². The number of hydrogen-bond donors (Lipinski definition) is 13. The molecule has 0 aromatic carbocycles. The number of aliphatic carboxylic acids is 4. The summed E-state index contributed by atoms with van der Waals surface area (Å²) in [6, 6.07) is -0.706. The lowest BCUT2D eigenvalue weighted by Crippen LogP contribution is -2.43. The van der Waals surface area contributed by atoms with Gasteiger partial charge in [-0.25, -0.2) is 9.98 Å². The van der Waals surface area contributed by atoms with Gasteiger partial charge in [0.05, 0.1) is 52.7 Å². The van der Waals surface area contributed by atoms with Gasteiger partial charge in [-0.15, -0.1) is 0 Å². The van der Waals surface area contributed by atoms with Gasteiger partial charge in [-0.05, 0) is 223 Å². The molecule has 5 atom stereocenters. The lowest BCUT2D eigenvalue weighted by Gasteiger charge is -2.32. The number of aliphatic hydroxyl groups is 3. The number of aromatic nitrogens is 5. The van der Waals surface area contributed by atoms with E-state index >= 15 is 0 Å². The van der Waals surface area contributed by atoms with Gasteiger partial charge in [0, 0.05) is 97.3 Å². The predicted octanol–water partition coefficient (Wildman–Crippen LogP) is 4.30. The number of hydrogen-bond acceptors (Lipinski definition) is 10. The first-order valence-corrected chi connectivity index (χ1v) is 28.8. The number of carboxylic acids is 4. The van der Waals surface area contributed by atoms with Crippen molar-refractivity contribution in [2.75, 3.05) is 0 Å². The minimum Gasteiger partial charge on any atom is -0.481 e. The molecule has 0 spiro atoms. The summed E-state index contributed by atoms with van der Waals surface area (Å²) in [5.74, 6) is -3.90. The second kappa shape index (κ2) is 22.8. The van der Waals surface area contributed by atoms with E-state index in [0.29, 0.717) is 106 Å². The summed E-state index contributed by atoms with van der Waals surface area (Å²) < 4.78 is 0. The maximum atomic E-state index is 12.4. The number of carbonyl (C=O) groups is 4. The van der Waals surface area contributed by atoms with E-state index in [0.717, 1.165) is 61.2 Å². The van der Waals surface area contributed by atoms with E-state index in [2.05, 4.69) is 30.2 Å². The highest BCUT2D eigenvalue weighted by Gasteiger charge is 2.48. The van der Waals surface area contributed by atoms with Crippen molar-refractivity contribution in [3.63, 3.8) is 0 Å². The van der Waals surface area contributed by atoms with Gasteiger partial charge in [-0.1, -0.05) is 0 Å². The number of carboxylic acid groups (broad SMARTS) is 4. The first kappa shape index (κ1) is 59.5. The minimum absolute atomic E-state index is 0.118. The molecule has 19 heteroatoms. The van der Waals surface area contributed by atoms with E-state index in [1.54, 1.807) is 20.8 Å². The van der Waals surface area contributed by atoms with Crippen LogP contribution in [-0.2, 0) is 44.0 Å². The quantitative estimate of drug-likeness (QED) is 0.0604. The summed E-state index contributed by atoms with van der Waals surface area (Å²) in [5.41, 5.74) is 15.0. The summed E-state index contributed by atoms with van der Waals surface area (Å²) >= 11 is 0. The summed E-state index contributed by atoms with van der Waals surface area (Å²) in [6.07, 6.45) is 12.6. The number of aliphatic hydroxyl groups excluding tert-OH is 3. The Morgan fingerprint density at radius 2 is 0.976 bits per heavy atom. The lowest BCUT2D eigenvalue weighted by molar-refractivity contribution is -0.138. The van der Waals surface area contributed by atoms with Gasteiger partial charge in [0.1, 0.15) is 0 Å². The van der Waals surface area contributed by atoms with E-state index in [1.807, 2.05) is 104 Å². The van der Waals surface area contributed by atoms with Crippen molar-refractivity contribution in [3.8, 4) is 0 Å². The predicted molar refractivity (Wildman–Crippen MR) is 325 cm³/mol. The van der Waals surface area contributed by atoms with Gasteiger partial charge in [0.15, 0.2) is 0 Å². The Morgan fingerprint density at radius 3 is 1.56 bits per heavy atom. The van der Waals surface area contributed by atoms with Crippen molar-refractivity contribution in [1.29, 1.82) is 0 Å². The molecule has 85 heavy (non-hydrogen) atoms. The molecule has 0 saturated heterocycles. The van der Waals surface area contributed by atoms with Crippen molar-refractivity contribution in [2.45, 2.75) is 157 Å². The van der Waals surface area contributed by atoms with Crippen LogP contribution >= 0.6 is 0 Å². The van der Waals surface area contributed by atoms with Crippen LogP contribution in [-0.4, -0.2) is 114 Å². The molecule has 0 radical (unpaired) electrons. The van der Waals surface area contributed by atoms with Crippen LogP contribution in [0.4, 0.5) is 0 Å². The SMILES string of the molecule is CC1=C(CCC(=O)O)C2=NC1=CC1(c3c4[nH]c(c3C)C=c3[nH]c(c(CCC(=O)O)c3C)=Cc3[nH]c(c(C)c3CCC(=O)O)C=c3[nH]c(c(C)c3C(C)O)=C4)NC(C=C3N=C(C=c4[nH]c(c(CCC(=O)O)c4C)=C2)C(C(C)O)=C3C)C(C(C)O)=C1C. The average molecular weight is 1160 g/mol. The van der Waals surface area contributed by atoms with Crippen molar-refractivity contribution < 1.29 is 54.9 Å². The molecular formula is C66H74N8O11. The highest BCUT2D eigenvalue weighted by atomic mass is 16.4. The molecule has 13 N–H and O–H groups in total. The van der Waals surface area contributed by atoms with Crippen LogP contribution in [0.3, 0.4) is 0 Å². The van der Waals surface area contributed by atoms with Crippen LogP contribution in [0.25, 0.3) is 36.5 Å². The molecule has 5 aromatic heterocycles. The van der Waals surface area contributed by atoms with Gasteiger partial charge < -0.3 is 60.7 Å². The van der Waals surface area contributed by atoms with Crippen LogP contribution in [0.1, 0.15) is 158 Å². The summed E-state index contributed by atoms with van der Waals surface area (Å²) in [5, 5.41) is 83.1. The van der Waals surface area contributed by atoms with Gasteiger partial charge in [0.2, 0.25) is 0 Å². The first-order chi connectivity index (χ1) is 40.2. The molecule has 0 aliphatic carbocycles. The van der Waals surface area contributed by atoms with Gasteiger partial charge in [-0.3, -0.25) is 24.5 Å². The van der Waals surface area contributed by atoms with Crippen LogP contribution in [0.5, 0.6) is 0 Å². The van der Waals surface area contributed by atoms with Crippen molar-refractivity contribution in [3.05, 3.63) is 167 Å². The number of nitrogens with one attached hydrogen (secondary N) is 6. The normalized spacial score (nSPS) is 19.2. The standard InChI is InChI=1S/C66H74N8O11/c1-28-39(12-16-58(78)79)49-25-50-40(13-17-59(80)81)29(2)45(68-50)22-54-63(37(10)76)33(6)47(71-54)24-56-65(34(7)48(72-56)20-43(28)67-49)66-27-57-31(4)42(15-19-61(84)85)52(73-57)26-51-41(14-18-60(82)83)30(3)44(69-51)21-53-62(36(9)75)32(5)46(70-53)23-55(74-66)64(35(66)8)38(11)77/h20-27,36-38,55,67-69,71-72,74-77H,12-19H2,1-11H3,(H,78,79)(H,80,81)(H,82,83)(H,84,85). The van der Waals surface area contributed by atoms with E-state index in [4.69, 9.17) is 9.98 Å². The molecule has 0 saturated carbocycles. The minimum atomic E-state index is -1.35. The van der Waals surface area contributed by atoms with E-state index in [9.17, 15) is 54.9 Å². The molecule has 10 heterocycles. The molecular weight excluding hydrogens is 1080 g/mol. The zero-order valence-electron chi connectivity index (χ0n) is 49.7. The fraction of sp³-hybridized carbons (Fsp3) is 0.364. The molecule has 10 rings (SSSR count). The third kappa shape index (κ3) is 10.9. The molecule has 19 nitrogen and oxygen atoms in total. The fourth-order valence-corrected chi connectivity index (χ4v) is 13.5. The third-order valence-electron chi connectivity index (χ3n) is 17.9. The maximum absolute atomic E-state index is 12.4. The Labute approximate surface area is 489 Å². The number of nitrogens with zero attached hydrogens (tertiary/aromatic N) is 2. The van der Waals surface area contributed by atoms with Crippen LogP contribution in [0.15, 0.2) is 67.0 Å². The number of aliphatic imine (C=N–C) groups is 2. The monoisotopic (exact) mass is 1150 g/mol. The highest BCUT2D eigenvalue weighted by Crippen LogP contribution is 2.48. The number of allylic oxidation sites excluding steroid dienone is 3. The van der Waals surface area contributed by atoms with Crippen LogP contribution in [0, 0.1) is 34.6 Å². The molecule has 16 bridgehead atoms. The molecule has 0 amide bonds. The largest absolute Gasteiger partial charge is 0.481 e. The van der Waals surface area contributed by atoms with Gasteiger partial charge in [-0.2, -0.15) is 0 Å². The van der Waals surface area contributed by atoms with Crippen LogP contribution < -0.4 is 37.4 Å². The van der Waals surface area contributed by atoms with E-state index < -0.39 is 53.8 Å². The summed E-state index contributed by atoms with van der Waals surface area (Å²) in [4.78, 5) is 77.6. The topological polar surface area (TPSA) is 326 Å². The number of rotatable bonds is 16. The Hall–Kier alpha value is -8.62. The molecule has 5 aliphatic rings. The number of aromatic amines is 5. The Kier molecular flexibility index (Phi) is 15.9. The van der Waals surface area contributed by atoms with Crippen LogP contribution in [0.2, 0.25) is 0 Å². The van der Waals surface area contributed by atoms with Crippen molar-refractivity contribution in [2.24, 2.45) is 9.98 Å². The van der Waals surface area contributed by atoms with E-state index in [-0.39, 0.29) is 51.4 Å². The Bertz CT molecular complexity index is 4370. The lowest BCUT2D eigenvalue weighted by atomic mass is 9.79. The molecule has 0 fully saturated rings. The molecule has 5 unspecified atom stereocenters. The third-order valence-corrected chi connectivity index (χ3v) is 17.9. The van der Waals surface area contributed by atoms with E-state index in [1.165, 1.54) is 0 Å². The van der Waals surface area contributed by atoms with Gasteiger partial charge in [0.25, 0.3) is 0 Å². The smallest absolute Gasteiger partial charge is 0.303 e. The second-order valence-corrected chi connectivity index (χ2v) is 23.3. The molecule has 5 aromatic rings. The molecule has 5 aliphatic heterocycles. The zero-order valence-corrected chi connectivity index (χ0v) is 49.7. The Balaban J connectivity index is 1.35. The summed E-state index contributed by atoms with van der Waals surface area (Å²) in [7, 11) is 0. The second-order valence-electron chi connectivity index (χ2n) is 23.3. The zero-order chi connectivity index (χ0) is 61.4. The van der Waals surface area contributed by atoms with Crippen molar-refractivity contribution in [1.82, 2.24) is 30.2 Å².